The second kappa shape index (κ2) is 9.19. The van der Waals surface area contributed by atoms with Crippen molar-refractivity contribution in [2.75, 3.05) is 6.61 Å². The zero-order valence-corrected chi connectivity index (χ0v) is 16.7. The van der Waals surface area contributed by atoms with Gasteiger partial charge in [-0.05, 0) is 30.9 Å². The molecule has 1 amide bonds. The van der Waals surface area contributed by atoms with Crippen molar-refractivity contribution in [2.45, 2.75) is 39.7 Å². The number of rotatable bonds is 8. The highest BCUT2D eigenvalue weighted by atomic mass is 32.2. The van der Waals surface area contributed by atoms with Crippen LogP contribution in [0.5, 0.6) is 5.75 Å². The van der Waals surface area contributed by atoms with Crippen molar-refractivity contribution >= 4 is 46.3 Å². The second-order valence-corrected chi connectivity index (χ2v) is 8.10. The van der Waals surface area contributed by atoms with E-state index in [9.17, 15) is 14.7 Å². The molecule has 0 bridgehead atoms. The first-order chi connectivity index (χ1) is 12.3. The number of ether oxygens (including phenoxy) is 1. The van der Waals surface area contributed by atoms with Gasteiger partial charge in [0.15, 0.2) is 0 Å². The third-order valence-corrected chi connectivity index (χ3v) is 5.11. The number of aliphatic carboxylic acids is 1. The van der Waals surface area contributed by atoms with Crippen LogP contribution in [0, 0.1) is 5.92 Å². The van der Waals surface area contributed by atoms with E-state index in [1.165, 1.54) is 4.90 Å². The van der Waals surface area contributed by atoms with Crippen LogP contribution in [0.1, 0.15) is 39.2 Å². The summed E-state index contributed by atoms with van der Waals surface area (Å²) in [5, 5.41) is 9.53. The molecular formula is C19H23NO4S2. The molecule has 1 unspecified atom stereocenters. The highest BCUT2D eigenvalue weighted by molar-refractivity contribution is 8.26. The minimum Gasteiger partial charge on any atom is -0.493 e. The van der Waals surface area contributed by atoms with E-state index in [1.54, 1.807) is 6.08 Å². The monoisotopic (exact) mass is 393 g/mol. The third-order valence-electron chi connectivity index (χ3n) is 3.78. The number of carbonyl (C=O) groups excluding carboxylic acids is 1. The summed E-state index contributed by atoms with van der Waals surface area (Å²) in [6.45, 7) is 6.45. The quantitative estimate of drug-likeness (QED) is 0.528. The molecule has 2 rings (SSSR count). The molecule has 0 spiro atoms. The lowest BCUT2D eigenvalue weighted by Crippen LogP contribution is -2.44. The van der Waals surface area contributed by atoms with Gasteiger partial charge in [0, 0.05) is 5.56 Å². The number of nitrogens with zero attached hydrogens (tertiary/aromatic N) is 1. The van der Waals surface area contributed by atoms with Crippen molar-refractivity contribution in [3.8, 4) is 5.75 Å². The average Bonchev–Trinajstić information content (AvgIpc) is 2.85. The molecule has 140 valence electrons. The summed E-state index contributed by atoms with van der Waals surface area (Å²) in [5.74, 6) is -0.578. The number of carboxylic acid groups (broad SMARTS) is 1. The second-order valence-electron chi connectivity index (χ2n) is 6.42. The first-order valence-electron chi connectivity index (χ1n) is 8.56. The van der Waals surface area contributed by atoms with E-state index in [-0.39, 0.29) is 16.1 Å². The molecule has 7 heteroatoms. The highest BCUT2D eigenvalue weighted by Crippen LogP contribution is 2.36. The molecule has 1 atom stereocenters. The lowest BCUT2D eigenvalue weighted by Gasteiger charge is -2.24. The van der Waals surface area contributed by atoms with Crippen molar-refractivity contribution in [2.24, 2.45) is 5.92 Å². The maximum atomic E-state index is 12.8. The molecule has 1 aromatic rings. The molecule has 26 heavy (non-hydrogen) atoms. The fourth-order valence-electron chi connectivity index (χ4n) is 2.60. The van der Waals surface area contributed by atoms with Crippen LogP contribution in [0.4, 0.5) is 0 Å². The highest BCUT2D eigenvalue weighted by Gasteiger charge is 2.40. The van der Waals surface area contributed by atoms with E-state index in [4.69, 9.17) is 17.0 Å². The Morgan fingerprint density at radius 1 is 1.38 bits per heavy atom. The van der Waals surface area contributed by atoms with Gasteiger partial charge in [-0.25, -0.2) is 4.79 Å². The predicted octanol–water partition coefficient (Wildman–Crippen LogP) is 4.18. The Morgan fingerprint density at radius 2 is 2.08 bits per heavy atom. The van der Waals surface area contributed by atoms with Crippen LogP contribution >= 0.6 is 24.0 Å². The first kappa shape index (κ1) is 20.5. The summed E-state index contributed by atoms with van der Waals surface area (Å²) in [5.41, 5.74) is 0.775. The van der Waals surface area contributed by atoms with Crippen molar-refractivity contribution in [1.82, 2.24) is 4.90 Å². The molecule has 1 fully saturated rings. The number of carboxylic acids is 1. The average molecular weight is 394 g/mol. The van der Waals surface area contributed by atoms with E-state index < -0.39 is 12.0 Å². The molecular weight excluding hydrogens is 370 g/mol. The third kappa shape index (κ3) is 4.86. The van der Waals surface area contributed by atoms with Crippen LogP contribution in [0.2, 0.25) is 0 Å². The summed E-state index contributed by atoms with van der Waals surface area (Å²) in [4.78, 5) is 26.1. The van der Waals surface area contributed by atoms with Gasteiger partial charge in [-0.2, -0.15) is 0 Å². The number of para-hydroxylation sites is 1. The Labute approximate surface area is 163 Å². The van der Waals surface area contributed by atoms with Gasteiger partial charge < -0.3 is 9.84 Å². The summed E-state index contributed by atoms with van der Waals surface area (Å²) in [6.07, 6.45) is 2.95. The molecule has 5 nitrogen and oxygen atoms in total. The Kier molecular flexibility index (Phi) is 7.23. The van der Waals surface area contributed by atoms with Crippen LogP contribution in [-0.2, 0) is 9.59 Å². The van der Waals surface area contributed by atoms with Crippen molar-refractivity contribution in [3.05, 3.63) is 34.7 Å². The molecule has 0 aromatic heterocycles. The fourth-order valence-corrected chi connectivity index (χ4v) is 3.94. The lowest BCUT2D eigenvalue weighted by molar-refractivity contribution is -0.145. The van der Waals surface area contributed by atoms with Gasteiger partial charge in [0.2, 0.25) is 0 Å². The number of benzene rings is 1. The van der Waals surface area contributed by atoms with E-state index in [1.807, 2.05) is 45.0 Å². The molecule has 1 heterocycles. The van der Waals surface area contributed by atoms with Gasteiger partial charge in [-0.3, -0.25) is 9.69 Å². The van der Waals surface area contributed by atoms with E-state index in [0.717, 1.165) is 23.7 Å². The number of thiocarbonyl (C=S) groups is 1. The van der Waals surface area contributed by atoms with Crippen molar-refractivity contribution in [3.63, 3.8) is 0 Å². The zero-order valence-electron chi connectivity index (χ0n) is 15.1. The number of thioether (sulfide) groups is 1. The Morgan fingerprint density at radius 3 is 2.69 bits per heavy atom. The van der Waals surface area contributed by atoms with Gasteiger partial charge in [0.1, 0.15) is 16.1 Å². The number of carbonyl (C=O) groups is 2. The number of hydrogen-bond acceptors (Lipinski definition) is 5. The van der Waals surface area contributed by atoms with Crippen LogP contribution in [0.25, 0.3) is 6.08 Å². The summed E-state index contributed by atoms with van der Waals surface area (Å²) in [7, 11) is 0. The molecule has 1 aromatic carbocycles. The van der Waals surface area contributed by atoms with E-state index in [0.29, 0.717) is 23.7 Å². The minimum absolute atomic E-state index is 0.132. The van der Waals surface area contributed by atoms with Gasteiger partial charge in [0.05, 0.1) is 11.5 Å². The molecule has 1 aliphatic heterocycles. The normalized spacial score (nSPS) is 17.2. The number of amides is 1. The Balaban J connectivity index is 2.31. The molecule has 0 saturated carbocycles. The molecule has 0 radical (unpaired) electrons. The summed E-state index contributed by atoms with van der Waals surface area (Å²) < 4.78 is 6.00. The van der Waals surface area contributed by atoms with E-state index >= 15 is 0 Å². The summed E-state index contributed by atoms with van der Waals surface area (Å²) in [6, 6.07) is 6.50. The first-order valence-corrected chi connectivity index (χ1v) is 9.79. The van der Waals surface area contributed by atoms with Crippen LogP contribution < -0.4 is 4.74 Å². The fraction of sp³-hybridized carbons (Fsp3) is 0.421. The molecule has 1 saturated heterocycles. The zero-order chi connectivity index (χ0) is 19.3. The smallest absolute Gasteiger partial charge is 0.326 e. The van der Waals surface area contributed by atoms with Crippen LogP contribution in [0.3, 0.4) is 0 Å². The van der Waals surface area contributed by atoms with Crippen LogP contribution in [0.15, 0.2) is 29.2 Å². The predicted molar refractivity (Wildman–Crippen MR) is 108 cm³/mol. The summed E-state index contributed by atoms with van der Waals surface area (Å²) >= 11 is 6.43. The Hall–Kier alpha value is -1.86. The van der Waals surface area contributed by atoms with Crippen molar-refractivity contribution < 1.29 is 19.4 Å². The molecule has 1 N–H and O–H groups in total. The SMILES string of the molecule is CCCOc1ccccc1/C=C1\SC(=S)N(C(CC(C)C)C(=O)O)C1=O. The largest absolute Gasteiger partial charge is 0.493 e. The van der Waals surface area contributed by atoms with Gasteiger partial charge >= 0.3 is 5.97 Å². The minimum atomic E-state index is -1.04. The van der Waals surface area contributed by atoms with E-state index in [2.05, 4.69) is 0 Å². The van der Waals surface area contributed by atoms with Gasteiger partial charge in [-0.1, -0.05) is 63.0 Å². The topological polar surface area (TPSA) is 66.8 Å². The molecule has 1 aliphatic rings. The number of hydrogen-bond donors (Lipinski definition) is 1. The standard InChI is InChI=1S/C19H23NO4S2/c1-4-9-24-15-8-6-5-7-13(15)11-16-17(21)20(19(25)26-16)14(18(22)23)10-12(2)3/h5-8,11-12,14H,4,9-10H2,1-3H3,(H,22,23)/b16-11-. The van der Waals surface area contributed by atoms with Crippen molar-refractivity contribution in [1.29, 1.82) is 0 Å². The van der Waals surface area contributed by atoms with Crippen LogP contribution in [-0.4, -0.2) is 38.9 Å². The van der Waals surface area contributed by atoms with Gasteiger partial charge in [0.25, 0.3) is 5.91 Å². The Bertz CT molecular complexity index is 730. The maximum Gasteiger partial charge on any atom is 0.326 e. The van der Waals surface area contributed by atoms with Gasteiger partial charge in [-0.15, -0.1) is 0 Å². The lowest BCUT2D eigenvalue weighted by atomic mass is 10.0. The maximum absolute atomic E-state index is 12.8. The molecule has 0 aliphatic carbocycles.